The highest BCUT2D eigenvalue weighted by Crippen LogP contribution is 2.23. The molecule has 0 bridgehead atoms. The Kier molecular flexibility index (Phi) is 4.58. The SMILES string of the molecule is O=C1CC(C(=O)NC2CCCCCC2CO)CN1. The molecule has 1 aliphatic heterocycles. The second-order valence-electron chi connectivity index (χ2n) is 5.40. The van der Waals surface area contributed by atoms with E-state index < -0.39 is 0 Å². The van der Waals surface area contributed by atoms with Crippen LogP contribution in [0.15, 0.2) is 0 Å². The van der Waals surface area contributed by atoms with E-state index in [0.717, 1.165) is 25.7 Å². The van der Waals surface area contributed by atoms with Crippen LogP contribution >= 0.6 is 0 Å². The molecule has 5 heteroatoms. The lowest BCUT2D eigenvalue weighted by Crippen LogP contribution is -2.44. The highest BCUT2D eigenvalue weighted by Gasteiger charge is 2.31. The molecule has 2 fully saturated rings. The van der Waals surface area contributed by atoms with E-state index in [1.54, 1.807) is 0 Å². The minimum Gasteiger partial charge on any atom is -0.396 e. The predicted molar refractivity (Wildman–Crippen MR) is 66.7 cm³/mol. The van der Waals surface area contributed by atoms with Crippen molar-refractivity contribution >= 4 is 11.8 Å². The molecule has 3 atom stereocenters. The average Bonchev–Trinajstić information content (AvgIpc) is 2.67. The maximum absolute atomic E-state index is 12.0. The Bertz CT molecular complexity index is 319. The van der Waals surface area contributed by atoms with Gasteiger partial charge < -0.3 is 15.7 Å². The Morgan fingerprint density at radius 1 is 1.33 bits per heavy atom. The van der Waals surface area contributed by atoms with Gasteiger partial charge in [0.25, 0.3) is 0 Å². The number of nitrogens with one attached hydrogen (secondary N) is 2. The number of hydrogen-bond acceptors (Lipinski definition) is 3. The lowest BCUT2D eigenvalue weighted by molar-refractivity contribution is -0.127. The molecule has 18 heavy (non-hydrogen) atoms. The average molecular weight is 254 g/mol. The third-order valence-electron chi connectivity index (χ3n) is 4.07. The van der Waals surface area contributed by atoms with Crippen molar-refractivity contribution in [3.05, 3.63) is 0 Å². The van der Waals surface area contributed by atoms with Crippen molar-refractivity contribution < 1.29 is 14.7 Å². The van der Waals surface area contributed by atoms with Gasteiger partial charge in [-0.05, 0) is 12.8 Å². The molecule has 1 saturated heterocycles. The molecule has 3 N–H and O–H groups in total. The van der Waals surface area contributed by atoms with Gasteiger partial charge in [0.1, 0.15) is 0 Å². The first kappa shape index (κ1) is 13.3. The summed E-state index contributed by atoms with van der Waals surface area (Å²) in [5, 5.41) is 15.1. The van der Waals surface area contributed by atoms with Crippen molar-refractivity contribution in [2.45, 2.75) is 44.6 Å². The maximum atomic E-state index is 12.0. The summed E-state index contributed by atoms with van der Waals surface area (Å²) in [4.78, 5) is 23.1. The van der Waals surface area contributed by atoms with E-state index in [1.165, 1.54) is 6.42 Å². The fraction of sp³-hybridized carbons (Fsp3) is 0.846. The summed E-state index contributed by atoms with van der Waals surface area (Å²) in [7, 11) is 0. The van der Waals surface area contributed by atoms with Gasteiger partial charge in [-0.15, -0.1) is 0 Å². The molecular formula is C13H22N2O3. The maximum Gasteiger partial charge on any atom is 0.225 e. The fourth-order valence-electron chi connectivity index (χ4n) is 2.88. The predicted octanol–water partition coefficient (Wildman–Crippen LogP) is 0.180. The number of hydrogen-bond donors (Lipinski definition) is 3. The molecule has 0 aromatic rings. The summed E-state index contributed by atoms with van der Waals surface area (Å²) in [6.07, 6.45) is 5.60. The van der Waals surface area contributed by atoms with Crippen LogP contribution in [0.4, 0.5) is 0 Å². The Hall–Kier alpha value is -1.10. The summed E-state index contributed by atoms with van der Waals surface area (Å²) >= 11 is 0. The Balaban J connectivity index is 1.89. The van der Waals surface area contributed by atoms with Crippen molar-refractivity contribution in [2.24, 2.45) is 11.8 Å². The normalized spacial score (nSPS) is 32.7. The number of aliphatic hydroxyl groups excluding tert-OH is 1. The van der Waals surface area contributed by atoms with E-state index in [9.17, 15) is 14.7 Å². The van der Waals surface area contributed by atoms with Crippen molar-refractivity contribution in [3.63, 3.8) is 0 Å². The molecule has 0 radical (unpaired) electrons. The van der Waals surface area contributed by atoms with Crippen LogP contribution in [0, 0.1) is 11.8 Å². The third kappa shape index (κ3) is 3.22. The summed E-state index contributed by atoms with van der Waals surface area (Å²) in [6, 6.07) is 0.0701. The molecule has 2 amide bonds. The van der Waals surface area contributed by atoms with Crippen LogP contribution in [0.5, 0.6) is 0 Å². The van der Waals surface area contributed by atoms with Crippen LogP contribution in [0.3, 0.4) is 0 Å². The smallest absolute Gasteiger partial charge is 0.225 e. The van der Waals surface area contributed by atoms with E-state index in [-0.39, 0.29) is 36.3 Å². The zero-order valence-electron chi connectivity index (χ0n) is 10.7. The van der Waals surface area contributed by atoms with Gasteiger partial charge in [0, 0.05) is 31.5 Å². The molecule has 3 unspecified atom stereocenters. The Morgan fingerprint density at radius 3 is 2.78 bits per heavy atom. The Morgan fingerprint density at radius 2 is 2.11 bits per heavy atom. The minimum absolute atomic E-state index is 0.0429. The van der Waals surface area contributed by atoms with E-state index >= 15 is 0 Å². The molecule has 1 aliphatic carbocycles. The van der Waals surface area contributed by atoms with Crippen LogP contribution in [-0.2, 0) is 9.59 Å². The minimum atomic E-state index is -0.236. The largest absolute Gasteiger partial charge is 0.396 e. The van der Waals surface area contributed by atoms with Crippen molar-refractivity contribution in [2.75, 3.05) is 13.2 Å². The van der Waals surface area contributed by atoms with Crippen molar-refractivity contribution in [1.29, 1.82) is 0 Å². The lowest BCUT2D eigenvalue weighted by Gasteiger charge is -2.25. The van der Waals surface area contributed by atoms with Crippen LogP contribution in [0.1, 0.15) is 38.5 Å². The first-order valence-electron chi connectivity index (χ1n) is 6.88. The van der Waals surface area contributed by atoms with Crippen LogP contribution in [0.25, 0.3) is 0 Å². The molecule has 2 rings (SSSR count). The molecule has 1 saturated carbocycles. The highest BCUT2D eigenvalue weighted by molar-refractivity contribution is 5.89. The van der Waals surface area contributed by atoms with Crippen LogP contribution < -0.4 is 10.6 Å². The van der Waals surface area contributed by atoms with Crippen molar-refractivity contribution in [1.82, 2.24) is 10.6 Å². The summed E-state index contributed by atoms with van der Waals surface area (Å²) in [6.45, 7) is 0.577. The van der Waals surface area contributed by atoms with Gasteiger partial charge in [-0.3, -0.25) is 9.59 Å². The van der Waals surface area contributed by atoms with Gasteiger partial charge in [-0.2, -0.15) is 0 Å². The van der Waals surface area contributed by atoms with Gasteiger partial charge in [0.05, 0.1) is 5.92 Å². The second kappa shape index (κ2) is 6.18. The third-order valence-corrected chi connectivity index (χ3v) is 4.07. The van der Waals surface area contributed by atoms with E-state index in [1.807, 2.05) is 0 Å². The van der Waals surface area contributed by atoms with Gasteiger partial charge in [-0.25, -0.2) is 0 Å². The molecule has 102 valence electrons. The highest BCUT2D eigenvalue weighted by atomic mass is 16.3. The lowest BCUT2D eigenvalue weighted by atomic mass is 9.94. The summed E-state index contributed by atoms with van der Waals surface area (Å²) in [5.41, 5.74) is 0. The zero-order chi connectivity index (χ0) is 13.0. The van der Waals surface area contributed by atoms with Gasteiger partial charge in [0.2, 0.25) is 11.8 Å². The van der Waals surface area contributed by atoms with Crippen molar-refractivity contribution in [3.8, 4) is 0 Å². The number of amides is 2. The Labute approximate surface area is 107 Å². The molecule has 0 aromatic carbocycles. The molecular weight excluding hydrogens is 232 g/mol. The standard InChI is InChI=1S/C13H22N2O3/c16-8-9-4-2-1-3-5-11(9)15-13(18)10-6-12(17)14-7-10/h9-11,16H,1-8H2,(H,14,17)(H,15,18). The molecule has 1 heterocycles. The topological polar surface area (TPSA) is 78.4 Å². The number of aliphatic hydroxyl groups is 1. The van der Waals surface area contributed by atoms with Gasteiger partial charge >= 0.3 is 0 Å². The molecule has 0 spiro atoms. The van der Waals surface area contributed by atoms with Gasteiger partial charge in [0.15, 0.2) is 0 Å². The quantitative estimate of drug-likeness (QED) is 0.629. The number of carbonyl (C=O) groups excluding carboxylic acids is 2. The summed E-state index contributed by atoms with van der Waals surface area (Å²) in [5.74, 6) is -0.157. The van der Waals surface area contributed by atoms with Crippen LogP contribution in [-0.4, -0.2) is 36.1 Å². The fourth-order valence-corrected chi connectivity index (χ4v) is 2.88. The number of rotatable bonds is 3. The molecule has 5 nitrogen and oxygen atoms in total. The first-order chi connectivity index (χ1) is 8.70. The van der Waals surface area contributed by atoms with Crippen LogP contribution in [0.2, 0.25) is 0 Å². The summed E-state index contributed by atoms with van der Waals surface area (Å²) < 4.78 is 0. The van der Waals surface area contributed by atoms with Gasteiger partial charge in [-0.1, -0.05) is 19.3 Å². The van der Waals surface area contributed by atoms with E-state index in [4.69, 9.17) is 0 Å². The van der Waals surface area contributed by atoms with E-state index in [2.05, 4.69) is 10.6 Å². The molecule has 2 aliphatic rings. The number of carbonyl (C=O) groups is 2. The van der Waals surface area contributed by atoms with E-state index in [0.29, 0.717) is 13.0 Å². The first-order valence-corrected chi connectivity index (χ1v) is 6.88. The second-order valence-corrected chi connectivity index (χ2v) is 5.40. The monoisotopic (exact) mass is 254 g/mol. The molecule has 0 aromatic heterocycles. The zero-order valence-corrected chi connectivity index (χ0v) is 10.7.